The normalized spacial score (nSPS) is 11.0. The van der Waals surface area contributed by atoms with Gasteiger partial charge in [0.1, 0.15) is 16.5 Å². The van der Waals surface area contributed by atoms with E-state index < -0.39 is 21.7 Å². The fraction of sp³-hybridized carbons (Fsp3) is 0.136. The van der Waals surface area contributed by atoms with E-state index in [0.717, 1.165) is 17.7 Å². The van der Waals surface area contributed by atoms with Crippen molar-refractivity contribution in [2.75, 3.05) is 18.4 Å². The lowest BCUT2D eigenvalue weighted by atomic mass is 10.1. The first-order valence-corrected chi connectivity index (χ1v) is 10.7. The summed E-state index contributed by atoms with van der Waals surface area (Å²) in [6.45, 7) is 0.391. The van der Waals surface area contributed by atoms with Crippen molar-refractivity contribution in [2.45, 2.75) is 11.3 Å². The highest BCUT2D eigenvalue weighted by Gasteiger charge is 2.23. The minimum absolute atomic E-state index is 0.00584. The number of para-hydroxylation sites is 1. The number of sulfonamides is 1. The number of amides is 1. The Balaban J connectivity index is 1.78. The smallest absolute Gasteiger partial charge is 0.265 e. The summed E-state index contributed by atoms with van der Waals surface area (Å²) in [6.07, 6.45) is 0.640. The van der Waals surface area contributed by atoms with E-state index in [1.54, 1.807) is 12.1 Å². The average molecular weight is 428 g/mol. The molecule has 0 aliphatic rings. The van der Waals surface area contributed by atoms with E-state index in [4.69, 9.17) is 4.74 Å². The molecule has 0 bridgehead atoms. The molecule has 0 aliphatic carbocycles. The molecule has 30 heavy (non-hydrogen) atoms. The Hall–Kier alpha value is -3.39. The Morgan fingerprint density at radius 1 is 1.00 bits per heavy atom. The molecule has 0 aliphatic heterocycles. The Morgan fingerprint density at radius 3 is 2.43 bits per heavy atom. The maximum atomic E-state index is 13.6. The van der Waals surface area contributed by atoms with Gasteiger partial charge >= 0.3 is 0 Å². The van der Waals surface area contributed by atoms with E-state index in [1.165, 1.54) is 25.3 Å². The molecular weight excluding hydrogens is 407 g/mol. The summed E-state index contributed by atoms with van der Waals surface area (Å²) in [5, 5.41) is 2.79. The number of ether oxygens (including phenoxy) is 1. The molecular formula is C22H21FN2O4S. The Labute approximate surface area is 174 Å². The number of halogens is 1. The van der Waals surface area contributed by atoms with Gasteiger partial charge < -0.3 is 10.1 Å². The first-order chi connectivity index (χ1) is 14.4. The number of carbonyl (C=O) groups is 1. The van der Waals surface area contributed by atoms with Crippen molar-refractivity contribution < 1.29 is 22.3 Å². The van der Waals surface area contributed by atoms with Gasteiger partial charge in [-0.15, -0.1) is 0 Å². The maximum absolute atomic E-state index is 13.6. The highest BCUT2D eigenvalue weighted by molar-refractivity contribution is 7.92. The van der Waals surface area contributed by atoms with Crippen molar-refractivity contribution in [3.63, 3.8) is 0 Å². The van der Waals surface area contributed by atoms with E-state index in [0.29, 0.717) is 13.0 Å². The second-order valence-corrected chi connectivity index (χ2v) is 8.09. The van der Waals surface area contributed by atoms with Crippen molar-refractivity contribution in [3.8, 4) is 5.75 Å². The van der Waals surface area contributed by atoms with Gasteiger partial charge in [0, 0.05) is 6.54 Å². The van der Waals surface area contributed by atoms with Gasteiger partial charge in [0.25, 0.3) is 15.9 Å². The van der Waals surface area contributed by atoms with Gasteiger partial charge in [-0.05, 0) is 42.3 Å². The molecule has 3 aromatic carbocycles. The van der Waals surface area contributed by atoms with Crippen LogP contribution in [0.25, 0.3) is 0 Å². The van der Waals surface area contributed by atoms with Crippen LogP contribution in [0.2, 0.25) is 0 Å². The summed E-state index contributed by atoms with van der Waals surface area (Å²) in [6, 6.07) is 19.1. The Bertz CT molecular complexity index is 1130. The SMILES string of the molecule is COc1ccc(F)cc1S(=O)(=O)Nc1ccccc1C(=O)NCCc1ccccc1. The van der Waals surface area contributed by atoms with Crippen LogP contribution in [0, 0.1) is 5.82 Å². The fourth-order valence-corrected chi connectivity index (χ4v) is 4.15. The summed E-state index contributed by atoms with van der Waals surface area (Å²) in [7, 11) is -2.90. The monoisotopic (exact) mass is 428 g/mol. The summed E-state index contributed by atoms with van der Waals surface area (Å²) < 4.78 is 46.7. The van der Waals surface area contributed by atoms with Gasteiger partial charge in [-0.1, -0.05) is 42.5 Å². The molecule has 156 valence electrons. The number of hydrogen-bond donors (Lipinski definition) is 2. The van der Waals surface area contributed by atoms with Crippen LogP contribution in [-0.4, -0.2) is 28.0 Å². The number of carbonyl (C=O) groups excluding carboxylic acids is 1. The molecule has 2 N–H and O–H groups in total. The lowest BCUT2D eigenvalue weighted by Crippen LogP contribution is -2.27. The zero-order chi connectivity index (χ0) is 21.6. The van der Waals surface area contributed by atoms with Crippen molar-refractivity contribution in [1.29, 1.82) is 0 Å². The predicted octanol–water partition coefficient (Wildman–Crippen LogP) is 3.61. The van der Waals surface area contributed by atoms with Crippen molar-refractivity contribution in [2.24, 2.45) is 0 Å². The number of nitrogens with one attached hydrogen (secondary N) is 2. The summed E-state index contributed by atoms with van der Waals surface area (Å²) in [5.41, 5.74) is 1.32. The lowest BCUT2D eigenvalue weighted by Gasteiger charge is -2.14. The van der Waals surface area contributed by atoms with Crippen LogP contribution < -0.4 is 14.8 Å². The highest BCUT2D eigenvalue weighted by Crippen LogP contribution is 2.27. The molecule has 3 aromatic rings. The molecule has 0 atom stereocenters. The lowest BCUT2D eigenvalue weighted by molar-refractivity contribution is 0.0955. The topological polar surface area (TPSA) is 84.5 Å². The van der Waals surface area contributed by atoms with Crippen LogP contribution in [0.3, 0.4) is 0 Å². The number of methoxy groups -OCH3 is 1. The van der Waals surface area contributed by atoms with Crippen LogP contribution in [0.15, 0.2) is 77.7 Å². The first kappa shape index (κ1) is 21.3. The molecule has 1 amide bonds. The molecule has 0 radical (unpaired) electrons. The summed E-state index contributed by atoms with van der Waals surface area (Å²) in [4.78, 5) is 12.3. The third kappa shape index (κ3) is 5.15. The molecule has 0 saturated heterocycles. The molecule has 0 fully saturated rings. The third-order valence-electron chi connectivity index (χ3n) is 4.37. The molecule has 0 unspecified atom stereocenters. The molecule has 0 heterocycles. The molecule has 3 rings (SSSR count). The van der Waals surface area contributed by atoms with E-state index >= 15 is 0 Å². The molecule has 0 spiro atoms. The molecule has 0 saturated carbocycles. The van der Waals surface area contributed by atoms with E-state index in [2.05, 4.69) is 10.0 Å². The summed E-state index contributed by atoms with van der Waals surface area (Å²) >= 11 is 0. The Kier molecular flexibility index (Phi) is 6.68. The fourth-order valence-electron chi connectivity index (χ4n) is 2.89. The van der Waals surface area contributed by atoms with Gasteiger partial charge in [-0.3, -0.25) is 9.52 Å². The van der Waals surface area contributed by atoms with Gasteiger partial charge in [0.05, 0.1) is 18.4 Å². The Morgan fingerprint density at radius 2 is 1.70 bits per heavy atom. The van der Waals surface area contributed by atoms with Gasteiger partial charge in [-0.25, -0.2) is 12.8 Å². The molecule has 6 nitrogen and oxygen atoms in total. The zero-order valence-corrected chi connectivity index (χ0v) is 17.1. The summed E-state index contributed by atoms with van der Waals surface area (Å²) in [5.74, 6) is -1.15. The maximum Gasteiger partial charge on any atom is 0.265 e. The van der Waals surface area contributed by atoms with Crippen molar-refractivity contribution >= 4 is 21.6 Å². The van der Waals surface area contributed by atoms with Gasteiger partial charge in [0.2, 0.25) is 0 Å². The van der Waals surface area contributed by atoms with Crippen molar-refractivity contribution in [3.05, 3.63) is 89.7 Å². The number of hydrogen-bond acceptors (Lipinski definition) is 4. The van der Waals surface area contributed by atoms with E-state index in [9.17, 15) is 17.6 Å². The first-order valence-electron chi connectivity index (χ1n) is 9.18. The van der Waals surface area contributed by atoms with Gasteiger partial charge in [0.15, 0.2) is 0 Å². The minimum Gasteiger partial charge on any atom is -0.495 e. The minimum atomic E-state index is -4.19. The molecule has 0 aromatic heterocycles. The third-order valence-corrected chi connectivity index (χ3v) is 5.76. The quantitative estimate of drug-likeness (QED) is 0.574. The van der Waals surface area contributed by atoms with Crippen LogP contribution in [0.5, 0.6) is 5.75 Å². The average Bonchev–Trinajstić information content (AvgIpc) is 2.74. The number of anilines is 1. The van der Waals surface area contributed by atoms with E-state index in [1.807, 2.05) is 30.3 Å². The molecule has 8 heteroatoms. The standard InChI is InChI=1S/C22H21FN2O4S/c1-29-20-12-11-17(23)15-21(20)30(27,28)25-19-10-6-5-9-18(19)22(26)24-14-13-16-7-3-2-4-8-16/h2-12,15,25H,13-14H2,1H3,(H,24,26). The van der Waals surface area contributed by atoms with Crippen LogP contribution in [-0.2, 0) is 16.4 Å². The van der Waals surface area contributed by atoms with Crippen LogP contribution in [0.4, 0.5) is 10.1 Å². The predicted molar refractivity (Wildman–Crippen MR) is 113 cm³/mol. The number of rotatable bonds is 8. The second-order valence-electron chi connectivity index (χ2n) is 6.44. The highest BCUT2D eigenvalue weighted by atomic mass is 32.2. The van der Waals surface area contributed by atoms with E-state index in [-0.39, 0.29) is 21.9 Å². The van der Waals surface area contributed by atoms with Crippen LogP contribution >= 0.6 is 0 Å². The van der Waals surface area contributed by atoms with Crippen molar-refractivity contribution in [1.82, 2.24) is 5.32 Å². The zero-order valence-electron chi connectivity index (χ0n) is 16.3. The largest absolute Gasteiger partial charge is 0.495 e. The van der Waals surface area contributed by atoms with Crippen LogP contribution in [0.1, 0.15) is 15.9 Å². The van der Waals surface area contributed by atoms with Gasteiger partial charge in [-0.2, -0.15) is 0 Å². The number of benzene rings is 3. The second kappa shape index (κ2) is 9.41.